The van der Waals surface area contributed by atoms with Crippen molar-refractivity contribution in [2.24, 2.45) is 4.99 Å². The smallest absolute Gasteiger partial charge is 0.196 e. The monoisotopic (exact) mass is 499 g/mol. The van der Waals surface area contributed by atoms with E-state index in [1.54, 1.807) is 12.3 Å². The Morgan fingerprint density at radius 1 is 1.25 bits per heavy atom. The molecule has 0 bridgehead atoms. The molecule has 0 atom stereocenters. The number of ether oxygens (including phenoxy) is 2. The van der Waals surface area contributed by atoms with E-state index in [0.717, 1.165) is 23.6 Å². The van der Waals surface area contributed by atoms with Crippen LogP contribution in [0.15, 0.2) is 64.7 Å². The zero-order valence-electron chi connectivity index (χ0n) is 16.5. The molecule has 0 spiro atoms. The topological polar surface area (TPSA) is 68.0 Å². The van der Waals surface area contributed by atoms with Gasteiger partial charge in [-0.15, -0.1) is 30.6 Å². The third kappa shape index (κ3) is 9.80. The first-order valence-corrected chi connectivity index (χ1v) is 9.20. The van der Waals surface area contributed by atoms with E-state index in [0.29, 0.717) is 32.3 Å². The molecule has 0 amide bonds. The van der Waals surface area contributed by atoms with Crippen LogP contribution in [0.25, 0.3) is 0 Å². The van der Waals surface area contributed by atoms with Gasteiger partial charge < -0.3 is 24.5 Å². The van der Waals surface area contributed by atoms with Crippen LogP contribution >= 0.6 is 24.0 Å². The lowest BCUT2D eigenvalue weighted by atomic mass is 10.3. The summed E-state index contributed by atoms with van der Waals surface area (Å²) < 4.78 is 16.5. The molecule has 0 saturated heterocycles. The molecule has 2 rings (SSSR count). The van der Waals surface area contributed by atoms with Crippen LogP contribution in [-0.2, 0) is 11.3 Å². The number of benzene rings is 1. The SMILES string of the molecule is C=CCNC(=NCCCOCc1ccco1)Nc1ccc(OC(C)C)cc1.I. The quantitative estimate of drug-likeness (QED) is 0.152. The fraction of sp³-hybridized carbons (Fsp3) is 0.381. The summed E-state index contributed by atoms with van der Waals surface area (Å²) in [5, 5.41) is 6.50. The Hall–Kier alpha value is -2.00. The Kier molecular flexibility index (Phi) is 12.1. The molecule has 0 aliphatic carbocycles. The molecule has 0 unspecified atom stereocenters. The van der Waals surface area contributed by atoms with Crippen LogP contribution < -0.4 is 15.4 Å². The van der Waals surface area contributed by atoms with Gasteiger partial charge in [0.25, 0.3) is 0 Å². The van der Waals surface area contributed by atoms with Crippen LogP contribution in [0, 0.1) is 0 Å². The molecule has 2 N–H and O–H groups in total. The number of hydrogen-bond acceptors (Lipinski definition) is 4. The zero-order valence-corrected chi connectivity index (χ0v) is 18.8. The van der Waals surface area contributed by atoms with Gasteiger partial charge >= 0.3 is 0 Å². The van der Waals surface area contributed by atoms with Crippen LogP contribution in [0.4, 0.5) is 5.69 Å². The lowest BCUT2D eigenvalue weighted by Gasteiger charge is -2.13. The van der Waals surface area contributed by atoms with Gasteiger partial charge in [-0.1, -0.05) is 6.08 Å². The Balaban J connectivity index is 0.00000392. The second kappa shape index (κ2) is 14.1. The van der Waals surface area contributed by atoms with Gasteiger partial charge in [0.1, 0.15) is 18.1 Å². The summed E-state index contributed by atoms with van der Waals surface area (Å²) in [5.74, 6) is 2.39. The van der Waals surface area contributed by atoms with Gasteiger partial charge in [-0.25, -0.2) is 0 Å². The van der Waals surface area contributed by atoms with Gasteiger partial charge in [0.15, 0.2) is 5.96 Å². The molecule has 0 fully saturated rings. The van der Waals surface area contributed by atoms with Crippen LogP contribution in [0.2, 0.25) is 0 Å². The number of nitrogens with zero attached hydrogens (tertiary/aromatic N) is 1. The molecule has 2 aromatic rings. The Morgan fingerprint density at radius 3 is 2.68 bits per heavy atom. The molecule has 1 aromatic heterocycles. The summed E-state index contributed by atoms with van der Waals surface area (Å²) >= 11 is 0. The number of aliphatic imine (C=N–C) groups is 1. The summed E-state index contributed by atoms with van der Waals surface area (Å²) in [6, 6.07) is 11.6. The van der Waals surface area contributed by atoms with E-state index in [1.165, 1.54) is 0 Å². The third-order valence-electron chi connectivity index (χ3n) is 3.44. The van der Waals surface area contributed by atoms with E-state index >= 15 is 0 Å². The van der Waals surface area contributed by atoms with Gasteiger partial charge in [-0.2, -0.15) is 0 Å². The summed E-state index contributed by atoms with van der Waals surface area (Å²) in [5.41, 5.74) is 0.940. The molecule has 7 heteroatoms. The fourth-order valence-corrected chi connectivity index (χ4v) is 2.26. The van der Waals surface area contributed by atoms with Crippen molar-refractivity contribution in [3.8, 4) is 5.75 Å². The molecule has 1 heterocycles. The van der Waals surface area contributed by atoms with Crippen molar-refractivity contribution in [1.29, 1.82) is 0 Å². The highest BCUT2D eigenvalue weighted by Gasteiger charge is 2.02. The van der Waals surface area contributed by atoms with Crippen molar-refractivity contribution < 1.29 is 13.9 Å². The van der Waals surface area contributed by atoms with E-state index in [1.807, 2.05) is 50.2 Å². The maximum Gasteiger partial charge on any atom is 0.196 e. The highest BCUT2D eigenvalue weighted by Crippen LogP contribution is 2.16. The van der Waals surface area contributed by atoms with Gasteiger partial charge in [0, 0.05) is 25.4 Å². The number of nitrogens with one attached hydrogen (secondary N) is 2. The minimum absolute atomic E-state index is 0. The van der Waals surface area contributed by atoms with Crippen molar-refractivity contribution >= 4 is 35.6 Å². The number of hydrogen-bond donors (Lipinski definition) is 2. The lowest BCUT2D eigenvalue weighted by Crippen LogP contribution is -2.31. The number of furan rings is 1. The average Bonchev–Trinajstić information content (AvgIpc) is 3.17. The van der Waals surface area contributed by atoms with E-state index in [-0.39, 0.29) is 30.1 Å². The second-order valence-corrected chi connectivity index (χ2v) is 6.20. The normalized spacial score (nSPS) is 11.0. The van der Waals surface area contributed by atoms with Crippen LogP contribution in [-0.4, -0.2) is 31.8 Å². The Bertz CT molecular complexity index is 685. The molecule has 154 valence electrons. The van der Waals surface area contributed by atoms with Crippen LogP contribution in [0.3, 0.4) is 0 Å². The van der Waals surface area contributed by atoms with Crippen molar-refractivity contribution in [1.82, 2.24) is 5.32 Å². The first-order valence-electron chi connectivity index (χ1n) is 9.20. The first kappa shape index (κ1) is 24.0. The molecule has 0 saturated carbocycles. The molecule has 0 aliphatic heterocycles. The Morgan fingerprint density at radius 2 is 2.04 bits per heavy atom. The minimum Gasteiger partial charge on any atom is -0.491 e. The molecule has 1 aromatic carbocycles. The minimum atomic E-state index is 0. The maximum absolute atomic E-state index is 5.66. The van der Waals surface area contributed by atoms with Crippen molar-refractivity contribution in [3.63, 3.8) is 0 Å². The number of anilines is 1. The van der Waals surface area contributed by atoms with Crippen molar-refractivity contribution in [2.75, 3.05) is 25.0 Å². The largest absolute Gasteiger partial charge is 0.491 e. The summed E-state index contributed by atoms with van der Waals surface area (Å²) in [4.78, 5) is 4.57. The standard InChI is InChI=1S/C21H29N3O3.HI/c1-4-12-22-21(23-13-6-14-25-16-20-7-5-15-26-20)24-18-8-10-19(11-9-18)27-17(2)3;/h4-5,7-11,15,17H,1,6,12-14,16H2,2-3H3,(H2,22,23,24);1H. The number of guanidine groups is 1. The average molecular weight is 499 g/mol. The van der Waals surface area contributed by atoms with Crippen molar-refractivity contribution in [2.45, 2.75) is 33.0 Å². The summed E-state index contributed by atoms with van der Waals surface area (Å²) in [7, 11) is 0. The lowest BCUT2D eigenvalue weighted by molar-refractivity contribution is 0.105. The van der Waals surface area contributed by atoms with Gasteiger partial charge in [-0.05, 0) is 56.7 Å². The third-order valence-corrected chi connectivity index (χ3v) is 3.44. The fourth-order valence-electron chi connectivity index (χ4n) is 2.26. The summed E-state index contributed by atoms with van der Waals surface area (Å²) in [6.07, 6.45) is 4.42. The summed E-state index contributed by atoms with van der Waals surface area (Å²) in [6.45, 7) is 10.1. The Labute approximate surface area is 184 Å². The predicted molar refractivity (Wildman–Crippen MR) is 125 cm³/mol. The molecule has 28 heavy (non-hydrogen) atoms. The zero-order chi connectivity index (χ0) is 19.3. The highest BCUT2D eigenvalue weighted by atomic mass is 127. The van der Waals surface area contributed by atoms with Gasteiger partial charge in [0.05, 0.1) is 12.4 Å². The second-order valence-electron chi connectivity index (χ2n) is 6.20. The van der Waals surface area contributed by atoms with Crippen molar-refractivity contribution in [3.05, 3.63) is 61.1 Å². The molecular weight excluding hydrogens is 469 g/mol. The first-order chi connectivity index (χ1) is 13.2. The van der Waals surface area contributed by atoms with E-state index in [2.05, 4.69) is 22.2 Å². The van der Waals surface area contributed by atoms with Gasteiger partial charge in [-0.3, -0.25) is 4.99 Å². The molecule has 0 radical (unpaired) electrons. The van der Waals surface area contributed by atoms with Crippen LogP contribution in [0.5, 0.6) is 5.75 Å². The highest BCUT2D eigenvalue weighted by molar-refractivity contribution is 14.0. The maximum atomic E-state index is 5.66. The number of halogens is 1. The van der Waals surface area contributed by atoms with E-state index in [4.69, 9.17) is 13.9 Å². The van der Waals surface area contributed by atoms with Crippen LogP contribution in [0.1, 0.15) is 26.0 Å². The molecule has 0 aliphatic rings. The van der Waals surface area contributed by atoms with Gasteiger partial charge in [0.2, 0.25) is 0 Å². The van der Waals surface area contributed by atoms with E-state index in [9.17, 15) is 0 Å². The molecule has 6 nitrogen and oxygen atoms in total. The number of rotatable bonds is 11. The predicted octanol–water partition coefficient (Wildman–Crippen LogP) is 4.84. The van der Waals surface area contributed by atoms with E-state index < -0.39 is 0 Å². The molecular formula is C21H30IN3O3.